The average molecular weight is 220 g/mol. The number of rotatable bonds is 1. The lowest BCUT2D eigenvalue weighted by Crippen LogP contribution is -2.46. The third-order valence-electron chi connectivity index (χ3n) is 3.50. The standard InChI is InChI=1S/C10H17NO2.ClH/c12-9(13)8-4-7-10(11-8)5-2-1-3-6-10;/h8,11H,1-7H2,(H,12,13);1H. The molecule has 1 heterocycles. The van der Waals surface area contributed by atoms with Gasteiger partial charge in [-0.15, -0.1) is 12.4 Å². The topological polar surface area (TPSA) is 49.3 Å². The monoisotopic (exact) mass is 219 g/mol. The molecule has 0 aromatic rings. The van der Waals surface area contributed by atoms with Gasteiger partial charge in [0.05, 0.1) is 0 Å². The number of carboxylic acids is 1. The largest absolute Gasteiger partial charge is 0.480 e. The molecule has 0 aromatic carbocycles. The minimum atomic E-state index is -0.678. The van der Waals surface area contributed by atoms with Crippen molar-refractivity contribution in [3.8, 4) is 0 Å². The van der Waals surface area contributed by atoms with Crippen LogP contribution >= 0.6 is 12.4 Å². The minimum absolute atomic E-state index is 0. The van der Waals surface area contributed by atoms with Crippen molar-refractivity contribution >= 4 is 18.4 Å². The first-order chi connectivity index (χ1) is 6.22. The summed E-state index contributed by atoms with van der Waals surface area (Å²) in [6.07, 6.45) is 8.08. The third-order valence-corrected chi connectivity index (χ3v) is 3.50. The summed E-state index contributed by atoms with van der Waals surface area (Å²) in [6.45, 7) is 0. The van der Waals surface area contributed by atoms with Crippen molar-refractivity contribution in [2.45, 2.75) is 56.5 Å². The van der Waals surface area contributed by atoms with Gasteiger partial charge in [0.25, 0.3) is 0 Å². The molecule has 0 radical (unpaired) electrons. The molecular weight excluding hydrogens is 202 g/mol. The summed E-state index contributed by atoms with van der Waals surface area (Å²) in [4.78, 5) is 10.8. The first kappa shape index (κ1) is 11.8. The second-order valence-corrected chi connectivity index (χ2v) is 4.41. The summed E-state index contributed by atoms with van der Waals surface area (Å²) in [7, 11) is 0. The molecule has 1 unspecified atom stereocenters. The van der Waals surface area contributed by atoms with Gasteiger partial charge in [-0.05, 0) is 25.7 Å². The number of halogens is 1. The zero-order chi connectivity index (χ0) is 9.31. The molecule has 82 valence electrons. The first-order valence-electron chi connectivity index (χ1n) is 5.22. The van der Waals surface area contributed by atoms with Crippen LogP contribution in [0.3, 0.4) is 0 Å². The minimum Gasteiger partial charge on any atom is -0.480 e. The molecule has 1 atom stereocenters. The highest BCUT2D eigenvalue weighted by Gasteiger charge is 2.41. The van der Waals surface area contributed by atoms with Crippen molar-refractivity contribution < 1.29 is 9.90 Å². The fourth-order valence-electron chi connectivity index (χ4n) is 2.74. The van der Waals surface area contributed by atoms with Crippen LogP contribution in [0.15, 0.2) is 0 Å². The van der Waals surface area contributed by atoms with Crippen molar-refractivity contribution in [1.82, 2.24) is 5.32 Å². The Hall–Kier alpha value is -0.280. The Morgan fingerprint density at radius 3 is 2.36 bits per heavy atom. The highest BCUT2D eigenvalue weighted by Crippen LogP contribution is 2.36. The second-order valence-electron chi connectivity index (χ2n) is 4.41. The van der Waals surface area contributed by atoms with Crippen LogP contribution in [-0.2, 0) is 4.79 Å². The van der Waals surface area contributed by atoms with Gasteiger partial charge in [0.1, 0.15) is 6.04 Å². The van der Waals surface area contributed by atoms with Crippen LogP contribution in [0.1, 0.15) is 44.9 Å². The number of carboxylic acid groups (broad SMARTS) is 1. The van der Waals surface area contributed by atoms with Crippen molar-refractivity contribution in [1.29, 1.82) is 0 Å². The molecule has 4 heteroatoms. The number of nitrogens with one attached hydrogen (secondary N) is 1. The van der Waals surface area contributed by atoms with Crippen LogP contribution in [0.25, 0.3) is 0 Å². The fraction of sp³-hybridized carbons (Fsp3) is 0.900. The molecule has 1 aliphatic carbocycles. The van der Waals surface area contributed by atoms with E-state index in [2.05, 4.69) is 5.32 Å². The van der Waals surface area contributed by atoms with Crippen molar-refractivity contribution in [2.75, 3.05) is 0 Å². The quantitative estimate of drug-likeness (QED) is 0.709. The lowest BCUT2D eigenvalue weighted by Gasteiger charge is -2.34. The number of carbonyl (C=O) groups is 1. The molecule has 2 aliphatic rings. The Kier molecular flexibility index (Phi) is 3.78. The predicted molar refractivity (Wildman–Crippen MR) is 56.9 cm³/mol. The predicted octanol–water partition coefficient (Wildman–Crippen LogP) is 1.95. The molecule has 1 saturated carbocycles. The van der Waals surface area contributed by atoms with Gasteiger partial charge in [0.15, 0.2) is 0 Å². The summed E-state index contributed by atoms with van der Waals surface area (Å²) in [5.41, 5.74) is 0.196. The van der Waals surface area contributed by atoms with Crippen molar-refractivity contribution in [3.63, 3.8) is 0 Å². The van der Waals surface area contributed by atoms with E-state index >= 15 is 0 Å². The Balaban J connectivity index is 0.000000980. The van der Waals surface area contributed by atoms with Gasteiger partial charge in [0, 0.05) is 5.54 Å². The van der Waals surface area contributed by atoms with Gasteiger partial charge in [-0.25, -0.2) is 0 Å². The Bertz CT molecular complexity index is 214. The van der Waals surface area contributed by atoms with E-state index in [1.165, 1.54) is 32.1 Å². The lowest BCUT2D eigenvalue weighted by atomic mass is 9.81. The van der Waals surface area contributed by atoms with Crippen molar-refractivity contribution in [3.05, 3.63) is 0 Å². The molecule has 1 saturated heterocycles. The molecule has 2 fully saturated rings. The molecule has 0 bridgehead atoms. The smallest absolute Gasteiger partial charge is 0.320 e. The number of hydrogen-bond acceptors (Lipinski definition) is 2. The van der Waals surface area contributed by atoms with Crippen molar-refractivity contribution in [2.24, 2.45) is 0 Å². The highest BCUT2D eigenvalue weighted by atomic mass is 35.5. The number of hydrogen-bond donors (Lipinski definition) is 2. The third kappa shape index (κ3) is 2.20. The van der Waals surface area contributed by atoms with E-state index in [1.807, 2.05) is 0 Å². The maximum Gasteiger partial charge on any atom is 0.320 e. The van der Waals surface area contributed by atoms with Crippen LogP contribution in [0.2, 0.25) is 0 Å². The van der Waals surface area contributed by atoms with E-state index in [0.717, 1.165) is 12.8 Å². The second kappa shape index (κ2) is 4.49. The fourth-order valence-corrected chi connectivity index (χ4v) is 2.74. The highest BCUT2D eigenvalue weighted by molar-refractivity contribution is 5.85. The van der Waals surface area contributed by atoms with E-state index in [4.69, 9.17) is 5.11 Å². The molecule has 0 aromatic heterocycles. The lowest BCUT2D eigenvalue weighted by molar-refractivity contribution is -0.139. The Morgan fingerprint density at radius 1 is 1.21 bits per heavy atom. The Labute approximate surface area is 90.7 Å². The van der Waals surface area contributed by atoms with E-state index in [1.54, 1.807) is 0 Å². The van der Waals surface area contributed by atoms with E-state index in [0.29, 0.717) is 0 Å². The summed E-state index contributed by atoms with van der Waals surface area (Å²) in [5, 5.41) is 12.2. The van der Waals surface area contributed by atoms with Gasteiger partial charge in [-0.3, -0.25) is 10.1 Å². The molecule has 2 rings (SSSR count). The molecule has 1 spiro atoms. The summed E-state index contributed by atoms with van der Waals surface area (Å²) < 4.78 is 0. The summed E-state index contributed by atoms with van der Waals surface area (Å²) in [6, 6.07) is -0.280. The van der Waals surface area contributed by atoms with Gasteiger partial charge in [-0.1, -0.05) is 19.3 Å². The van der Waals surface area contributed by atoms with Crippen LogP contribution < -0.4 is 5.32 Å². The zero-order valence-corrected chi connectivity index (χ0v) is 9.11. The zero-order valence-electron chi connectivity index (χ0n) is 8.29. The van der Waals surface area contributed by atoms with Crippen LogP contribution in [-0.4, -0.2) is 22.7 Å². The Morgan fingerprint density at radius 2 is 1.86 bits per heavy atom. The normalized spacial score (nSPS) is 29.9. The average Bonchev–Trinajstić information content (AvgIpc) is 2.51. The van der Waals surface area contributed by atoms with Gasteiger partial charge < -0.3 is 5.11 Å². The van der Waals surface area contributed by atoms with E-state index in [9.17, 15) is 4.79 Å². The van der Waals surface area contributed by atoms with Crippen LogP contribution in [0, 0.1) is 0 Å². The van der Waals surface area contributed by atoms with Gasteiger partial charge >= 0.3 is 5.97 Å². The van der Waals surface area contributed by atoms with Gasteiger partial charge in [0.2, 0.25) is 0 Å². The maximum atomic E-state index is 10.8. The molecule has 0 amide bonds. The number of aliphatic carboxylic acids is 1. The molecule has 1 aliphatic heterocycles. The maximum absolute atomic E-state index is 10.8. The van der Waals surface area contributed by atoms with Crippen LogP contribution in [0.5, 0.6) is 0 Å². The SMILES string of the molecule is Cl.O=C(O)C1CCC2(CCCCC2)N1. The summed E-state index contributed by atoms with van der Waals surface area (Å²) in [5.74, 6) is -0.678. The molecule has 14 heavy (non-hydrogen) atoms. The molecular formula is C10H18ClNO2. The first-order valence-corrected chi connectivity index (χ1v) is 5.22. The van der Waals surface area contributed by atoms with Crippen LogP contribution in [0.4, 0.5) is 0 Å². The summed E-state index contributed by atoms with van der Waals surface area (Å²) >= 11 is 0. The van der Waals surface area contributed by atoms with Gasteiger partial charge in [-0.2, -0.15) is 0 Å². The molecule has 3 nitrogen and oxygen atoms in total. The molecule has 2 N–H and O–H groups in total. The van der Waals surface area contributed by atoms with E-state index < -0.39 is 5.97 Å². The van der Waals surface area contributed by atoms with E-state index in [-0.39, 0.29) is 24.0 Å².